The Kier molecular flexibility index (Phi) is 3.18. The largest absolute Gasteiger partial charge is 0.497 e. The third-order valence-electron chi connectivity index (χ3n) is 2.55. The van der Waals surface area contributed by atoms with E-state index in [0.717, 1.165) is 25.0 Å². The second-order valence-electron chi connectivity index (χ2n) is 3.68. The molecule has 0 amide bonds. The molecule has 0 aliphatic carbocycles. The first kappa shape index (κ1) is 9.97. The van der Waals surface area contributed by atoms with E-state index in [1.165, 1.54) is 11.1 Å². The van der Waals surface area contributed by atoms with Gasteiger partial charge in [0.2, 0.25) is 0 Å². The standard InChI is InChI=1S/C13H15NO/c1-15-13-6-4-11(5-7-13)9-12-3-2-8-14-10-12/h4-8,10H,2-3,9H2,1H3. The third kappa shape index (κ3) is 2.69. The van der Waals surface area contributed by atoms with Crippen LogP contribution in [0.4, 0.5) is 0 Å². The zero-order chi connectivity index (χ0) is 10.5. The summed E-state index contributed by atoms with van der Waals surface area (Å²) in [5, 5.41) is 0. The number of methoxy groups -OCH3 is 1. The van der Waals surface area contributed by atoms with Gasteiger partial charge in [0.25, 0.3) is 0 Å². The monoisotopic (exact) mass is 201 g/mol. The summed E-state index contributed by atoms with van der Waals surface area (Å²) in [4.78, 5) is 4.18. The summed E-state index contributed by atoms with van der Waals surface area (Å²) in [6.45, 7) is 0. The van der Waals surface area contributed by atoms with Crippen LogP contribution < -0.4 is 4.74 Å². The van der Waals surface area contributed by atoms with Gasteiger partial charge < -0.3 is 4.74 Å². The Morgan fingerprint density at radius 3 is 2.67 bits per heavy atom. The summed E-state index contributed by atoms with van der Waals surface area (Å²) in [6, 6.07) is 8.22. The molecule has 0 saturated carbocycles. The van der Waals surface area contributed by atoms with E-state index < -0.39 is 0 Å². The molecular weight excluding hydrogens is 186 g/mol. The molecule has 2 nitrogen and oxygen atoms in total. The van der Waals surface area contributed by atoms with E-state index in [1.54, 1.807) is 7.11 Å². The molecule has 1 aliphatic rings. The minimum Gasteiger partial charge on any atom is -0.497 e. The highest BCUT2D eigenvalue weighted by molar-refractivity contribution is 5.60. The van der Waals surface area contributed by atoms with Crippen molar-refractivity contribution in [2.45, 2.75) is 19.3 Å². The van der Waals surface area contributed by atoms with E-state index in [9.17, 15) is 0 Å². The number of allylic oxidation sites excluding steroid dienone is 1. The topological polar surface area (TPSA) is 21.6 Å². The maximum absolute atomic E-state index is 5.12. The van der Waals surface area contributed by atoms with Gasteiger partial charge in [-0.2, -0.15) is 0 Å². The van der Waals surface area contributed by atoms with E-state index in [1.807, 2.05) is 24.5 Å². The Morgan fingerprint density at radius 2 is 2.07 bits per heavy atom. The smallest absolute Gasteiger partial charge is 0.118 e. The predicted molar refractivity (Wildman–Crippen MR) is 62.5 cm³/mol. The van der Waals surface area contributed by atoms with Gasteiger partial charge in [0.15, 0.2) is 0 Å². The molecule has 15 heavy (non-hydrogen) atoms. The Balaban J connectivity index is 2.04. The lowest BCUT2D eigenvalue weighted by Gasteiger charge is -2.08. The van der Waals surface area contributed by atoms with Crippen LogP contribution in [0, 0.1) is 0 Å². The average molecular weight is 201 g/mol. The molecule has 1 heterocycles. The fourth-order valence-corrected chi connectivity index (χ4v) is 1.69. The Bertz CT molecular complexity index is 376. The number of rotatable bonds is 3. The summed E-state index contributed by atoms with van der Waals surface area (Å²) in [5.74, 6) is 0.911. The second kappa shape index (κ2) is 4.78. The van der Waals surface area contributed by atoms with Gasteiger partial charge in [-0.1, -0.05) is 12.1 Å². The van der Waals surface area contributed by atoms with Crippen molar-refractivity contribution in [3.63, 3.8) is 0 Å². The van der Waals surface area contributed by atoms with Crippen LogP contribution in [0.15, 0.2) is 41.0 Å². The quantitative estimate of drug-likeness (QED) is 0.736. The number of hydrogen-bond donors (Lipinski definition) is 0. The zero-order valence-electron chi connectivity index (χ0n) is 8.94. The summed E-state index contributed by atoms with van der Waals surface area (Å²) < 4.78 is 5.12. The highest BCUT2D eigenvalue weighted by Gasteiger charge is 2.02. The normalized spacial score (nSPS) is 14.9. The van der Waals surface area contributed by atoms with Gasteiger partial charge in [-0.15, -0.1) is 0 Å². The summed E-state index contributed by atoms with van der Waals surface area (Å²) in [5.41, 5.74) is 2.72. The SMILES string of the molecule is COc1ccc(CC2=CN=CCC2)cc1. The van der Waals surface area contributed by atoms with Gasteiger partial charge in [-0.3, -0.25) is 4.99 Å². The van der Waals surface area contributed by atoms with E-state index in [0.29, 0.717) is 0 Å². The van der Waals surface area contributed by atoms with Crippen LogP contribution in [0.3, 0.4) is 0 Å². The van der Waals surface area contributed by atoms with Gasteiger partial charge in [0.1, 0.15) is 5.75 Å². The molecule has 0 spiro atoms. The molecule has 0 N–H and O–H groups in total. The first-order valence-electron chi connectivity index (χ1n) is 5.21. The molecule has 0 saturated heterocycles. The predicted octanol–water partition coefficient (Wildman–Crippen LogP) is 2.99. The number of nitrogens with zero attached hydrogens (tertiary/aromatic N) is 1. The molecule has 0 fully saturated rings. The lowest BCUT2D eigenvalue weighted by atomic mass is 10.0. The molecule has 78 valence electrons. The second-order valence-corrected chi connectivity index (χ2v) is 3.68. The molecule has 1 aromatic carbocycles. The van der Waals surface area contributed by atoms with Crippen molar-refractivity contribution in [3.05, 3.63) is 41.6 Å². The summed E-state index contributed by atoms with van der Waals surface area (Å²) >= 11 is 0. The van der Waals surface area contributed by atoms with E-state index >= 15 is 0 Å². The molecule has 2 heteroatoms. The van der Waals surface area contributed by atoms with Crippen molar-refractivity contribution < 1.29 is 4.74 Å². The molecule has 0 bridgehead atoms. The van der Waals surface area contributed by atoms with Crippen LogP contribution >= 0.6 is 0 Å². The van der Waals surface area contributed by atoms with Gasteiger partial charge in [-0.05, 0) is 42.5 Å². The van der Waals surface area contributed by atoms with Crippen molar-refractivity contribution >= 4 is 6.21 Å². The first-order chi connectivity index (χ1) is 7.38. The molecular formula is C13H15NO. The lowest BCUT2D eigenvalue weighted by molar-refractivity contribution is 0.414. The first-order valence-corrected chi connectivity index (χ1v) is 5.21. The fraction of sp³-hybridized carbons (Fsp3) is 0.308. The van der Waals surface area contributed by atoms with Crippen molar-refractivity contribution in [3.8, 4) is 5.75 Å². The van der Waals surface area contributed by atoms with Gasteiger partial charge >= 0.3 is 0 Å². The summed E-state index contributed by atoms with van der Waals surface area (Å²) in [6.07, 6.45) is 7.16. The molecule has 1 aromatic rings. The number of ether oxygens (including phenoxy) is 1. The van der Waals surface area contributed by atoms with E-state index in [4.69, 9.17) is 4.74 Å². The van der Waals surface area contributed by atoms with Crippen LogP contribution in [0.2, 0.25) is 0 Å². The number of aliphatic imine (C=N–C) groups is 1. The van der Waals surface area contributed by atoms with Gasteiger partial charge in [0.05, 0.1) is 7.11 Å². The van der Waals surface area contributed by atoms with Crippen molar-refractivity contribution in [1.29, 1.82) is 0 Å². The van der Waals surface area contributed by atoms with Crippen LogP contribution in [-0.2, 0) is 6.42 Å². The van der Waals surface area contributed by atoms with Crippen LogP contribution in [0.5, 0.6) is 5.75 Å². The fourth-order valence-electron chi connectivity index (χ4n) is 1.69. The Hall–Kier alpha value is -1.57. The average Bonchev–Trinajstić information content (AvgIpc) is 2.31. The Labute approximate surface area is 90.3 Å². The lowest BCUT2D eigenvalue weighted by Crippen LogP contribution is -1.95. The molecule has 1 aliphatic heterocycles. The van der Waals surface area contributed by atoms with Gasteiger partial charge in [0, 0.05) is 12.4 Å². The van der Waals surface area contributed by atoms with E-state index in [2.05, 4.69) is 17.1 Å². The Morgan fingerprint density at radius 1 is 1.27 bits per heavy atom. The molecule has 0 unspecified atom stereocenters. The van der Waals surface area contributed by atoms with E-state index in [-0.39, 0.29) is 0 Å². The van der Waals surface area contributed by atoms with Crippen molar-refractivity contribution in [2.75, 3.05) is 7.11 Å². The van der Waals surface area contributed by atoms with Gasteiger partial charge in [-0.25, -0.2) is 0 Å². The molecule has 2 rings (SSSR count). The van der Waals surface area contributed by atoms with Crippen molar-refractivity contribution in [2.24, 2.45) is 4.99 Å². The summed E-state index contributed by atoms with van der Waals surface area (Å²) in [7, 11) is 1.69. The molecule has 0 radical (unpaired) electrons. The molecule has 0 atom stereocenters. The third-order valence-corrected chi connectivity index (χ3v) is 2.55. The highest BCUT2D eigenvalue weighted by Crippen LogP contribution is 2.18. The maximum atomic E-state index is 5.12. The van der Waals surface area contributed by atoms with Crippen molar-refractivity contribution in [1.82, 2.24) is 0 Å². The molecule has 0 aromatic heterocycles. The minimum absolute atomic E-state index is 0.911. The highest BCUT2D eigenvalue weighted by atomic mass is 16.5. The maximum Gasteiger partial charge on any atom is 0.118 e. The minimum atomic E-state index is 0.911. The number of benzene rings is 1. The van der Waals surface area contributed by atoms with Crippen LogP contribution in [0.1, 0.15) is 18.4 Å². The van der Waals surface area contributed by atoms with Crippen LogP contribution in [0.25, 0.3) is 0 Å². The number of hydrogen-bond acceptors (Lipinski definition) is 2. The zero-order valence-corrected chi connectivity index (χ0v) is 8.94. The van der Waals surface area contributed by atoms with Crippen LogP contribution in [-0.4, -0.2) is 13.3 Å².